The van der Waals surface area contributed by atoms with Crippen LogP contribution in [-0.4, -0.2) is 42.4 Å². The zero-order valence-corrected chi connectivity index (χ0v) is 13.8. The van der Waals surface area contributed by atoms with Gasteiger partial charge in [0.15, 0.2) is 5.13 Å². The first-order valence-corrected chi connectivity index (χ1v) is 8.74. The van der Waals surface area contributed by atoms with Gasteiger partial charge in [-0.25, -0.2) is 9.37 Å². The topological polar surface area (TPSA) is 62.7 Å². The number of anilines is 1. The van der Waals surface area contributed by atoms with Crippen LogP contribution in [0, 0.1) is 17.2 Å². The number of aromatic nitrogens is 1. The minimum absolute atomic E-state index is 0.0121. The highest BCUT2D eigenvalue weighted by atomic mass is 32.1. The van der Waals surface area contributed by atoms with E-state index in [2.05, 4.69) is 4.98 Å². The van der Waals surface area contributed by atoms with Crippen LogP contribution in [0.2, 0.25) is 0 Å². The van der Waals surface area contributed by atoms with E-state index in [4.69, 9.17) is 4.74 Å². The normalized spacial score (nSPS) is 26.4. The minimum atomic E-state index is -0.742. The molecule has 1 aromatic carbocycles. The van der Waals surface area contributed by atoms with Crippen LogP contribution in [0.25, 0.3) is 11.3 Å². The number of nitrogens with zero attached hydrogens (tertiary/aromatic N) is 2. The van der Waals surface area contributed by atoms with E-state index < -0.39 is 11.4 Å². The summed E-state index contributed by atoms with van der Waals surface area (Å²) >= 11 is 1.49. The van der Waals surface area contributed by atoms with Crippen molar-refractivity contribution in [3.63, 3.8) is 0 Å². The lowest BCUT2D eigenvalue weighted by Gasteiger charge is -2.33. The number of thiazole rings is 1. The summed E-state index contributed by atoms with van der Waals surface area (Å²) in [4.78, 5) is 18.5. The van der Waals surface area contributed by atoms with Gasteiger partial charge >= 0.3 is 5.97 Å². The Labute approximate surface area is 142 Å². The molecule has 4 rings (SSSR count). The highest BCUT2D eigenvalue weighted by Crippen LogP contribution is 2.44. The number of hydrogen-bond donors (Lipinski definition) is 1. The molecule has 0 amide bonds. The Bertz CT molecular complexity index is 763. The summed E-state index contributed by atoms with van der Waals surface area (Å²) in [7, 11) is 0. The lowest BCUT2D eigenvalue weighted by atomic mass is 9.74. The second kappa shape index (κ2) is 5.82. The molecule has 2 aliphatic heterocycles. The third-order valence-electron chi connectivity index (χ3n) is 5.04. The Balaban J connectivity index is 1.59. The number of aliphatic carboxylic acids is 1. The van der Waals surface area contributed by atoms with E-state index in [0.29, 0.717) is 32.7 Å². The van der Waals surface area contributed by atoms with Crippen LogP contribution >= 0.6 is 11.3 Å². The molecule has 1 N–H and O–H groups in total. The standard InChI is InChI=1S/C17H17FN2O3S/c18-13-3-1-11(2-4-13)14-9-24-16(19-14)20-7-12-8-23-6-5-17(12,10-20)15(21)22/h1-4,9,12H,5-8,10H2,(H,21,22)/t12-,17+/m1/s1. The van der Waals surface area contributed by atoms with Crippen molar-refractivity contribution >= 4 is 22.4 Å². The van der Waals surface area contributed by atoms with Gasteiger partial charge in [-0.3, -0.25) is 4.79 Å². The van der Waals surface area contributed by atoms with Gasteiger partial charge in [0.05, 0.1) is 17.7 Å². The number of fused-ring (bicyclic) bond motifs is 1. The highest BCUT2D eigenvalue weighted by molar-refractivity contribution is 7.14. The molecule has 2 aliphatic rings. The molecule has 2 saturated heterocycles. The Morgan fingerprint density at radius 3 is 2.92 bits per heavy atom. The molecular formula is C17H17FN2O3S. The fraction of sp³-hybridized carbons (Fsp3) is 0.412. The average molecular weight is 348 g/mol. The average Bonchev–Trinajstić information content (AvgIpc) is 3.20. The van der Waals surface area contributed by atoms with Crippen LogP contribution in [0.1, 0.15) is 6.42 Å². The first-order valence-electron chi connectivity index (χ1n) is 7.86. The summed E-state index contributed by atoms with van der Waals surface area (Å²) < 4.78 is 18.5. The number of carbonyl (C=O) groups is 1. The van der Waals surface area contributed by atoms with Gasteiger partial charge in [-0.1, -0.05) is 0 Å². The Morgan fingerprint density at radius 1 is 1.42 bits per heavy atom. The molecule has 0 bridgehead atoms. The predicted molar refractivity (Wildman–Crippen MR) is 88.7 cm³/mol. The maximum absolute atomic E-state index is 13.0. The van der Waals surface area contributed by atoms with Crippen LogP contribution in [0.3, 0.4) is 0 Å². The SMILES string of the molecule is O=C(O)[C@]12CCOC[C@H]1CN(c1nc(-c3ccc(F)cc3)cs1)C2. The van der Waals surface area contributed by atoms with E-state index in [0.717, 1.165) is 16.4 Å². The number of halogens is 1. The maximum Gasteiger partial charge on any atom is 0.311 e. The van der Waals surface area contributed by atoms with Crippen molar-refractivity contribution in [3.8, 4) is 11.3 Å². The molecule has 1 aromatic heterocycles. The molecule has 0 unspecified atom stereocenters. The first-order chi connectivity index (χ1) is 11.6. The van der Waals surface area contributed by atoms with Crippen LogP contribution in [0.4, 0.5) is 9.52 Å². The molecule has 3 heterocycles. The number of ether oxygens (including phenoxy) is 1. The van der Waals surface area contributed by atoms with Gasteiger partial charge in [0.2, 0.25) is 0 Å². The summed E-state index contributed by atoms with van der Waals surface area (Å²) in [6, 6.07) is 6.22. The van der Waals surface area contributed by atoms with Gasteiger partial charge in [0.25, 0.3) is 0 Å². The van der Waals surface area contributed by atoms with Crippen LogP contribution < -0.4 is 4.90 Å². The van der Waals surface area contributed by atoms with Gasteiger partial charge in [-0.2, -0.15) is 0 Å². The lowest BCUT2D eigenvalue weighted by molar-refractivity contribution is -0.157. The summed E-state index contributed by atoms with van der Waals surface area (Å²) in [6.07, 6.45) is 0.541. The van der Waals surface area contributed by atoms with Crippen molar-refractivity contribution in [2.24, 2.45) is 11.3 Å². The molecule has 0 radical (unpaired) electrons. The summed E-state index contributed by atoms with van der Waals surface area (Å²) in [5, 5.41) is 12.5. The van der Waals surface area contributed by atoms with Crippen molar-refractivity contribution in [1.82, 2.24) is 4.98 Å². The molecule has 24 heavy (non-hydrogen) atoms. The van der Waals surface area contributed by atoms with Crippen molar-refractivity contribution < 1.29 is 19.0 Å². The third-order valence-corrected chi connectivity index (χ3v) is 5.94. The van der Waals surface area contributed by atoms with Crippen molar-refractivity contribution in [1.29, 1.82) is 0 Å². The van der Waals surface area contributed by atoms with Gasteiger partial charge in [-0.15, -0.1) is 11.3 Å². The fourth-order valence-electron chi connectivity index (χ4n) is 3.61. The quantitative estimate of drug-likeness (QED) is 0.924. The van der Waals surface area contributed by atoms with Crippen LogP contribution in [0.5, 0.6) is 0 Å². The monoisotopic (exact) mass is 348 g/mol. The molecule has 0 aliphatic carbocycles. The molecule has 0 saturated carbocycles. The molecule has 7 heteroatoms. The van der Waals surface area contributed by atoms with Crippen LogP contribution in [-0.2, 0) is 9.53 Å². The summed E-state index contributed by atoms with van der Waals surface area (Å²) in [5.74, 6) is -1.03. The number of benzene rings is 1. The fourth-order valence-corrected chi connectivity index (χ4v) is 4.45. The second-order valence-corrected chi connectivity index (χ2v) is 7.22. The van der Waals surface area contributed by atoms with E-state index in [1.54, 1.807) is 12.1 Å². The van der Waals surface area contributed by atoms with Crippen molar-refractivity contribution in [3.05, 3.63) is 35.5 Å². The molecule has 2 fully saturated rings. The molecular weight excluding hydrogens is 331 g/mol. The predicted octanol–water partition coefficient (Wildman–Crippen LogP) is 2.88. The van der Waals surface area contributed by atoms with E-state index in [1.165, 1.54) is 23.5 Å². The molecule has 2 aromatic rings. The van der Waals surface area contributed by atoms with Crippen LogP contribution in [0.15, 0.2) is 29.6 Å². The van der Waals surface area contributed by atoms with Gasteiger partial charge in [-0.05, 0) is 30.7 Å². The molecule has 2 atom stereocenters. The van der Waals surface area contributed by atoms with Gasteiger partial charge in [0.1, 0.15) is 5.82 Å². The summed E-state index contributed by atoms with van der Waals surface area (Å²) in [6.45, 7) is 2.09. The third kappa shape index (κ3) is 2.48. The lowest BCUT2D eigenvalue weighted by Crippen LogP contribution is -2.44. The highest BCUT2D eigenvalue weighted by Gasteiger charge is 2.54. The van der Waals surface area contributed by atoms with Gasteiger partial charge < -0.3 is 14.7 Å². The molecule has 5 nitrogen and oxygen atoms in total. The largest absolute Gasteiger partial charge is 0.481 e. The van der Waals surface area contributed by atoms with Crippen molar-refractivity contribution in [2.75, 3.05) is 31.2 Å². The van der Waals surface area contributed by atoms with Gasteiger partial charge in [0, 0.05) is 36.6 Å². The first kappa shape index (κ1) is 15.5. The zero-order valence-electron chi connectivity index (χ0n) is 12.9. The number of rotatable bonds is 3. The van der Waals surface area contributed by atoms with E-state index in [9.17, 15) is 14.3 Å². The zero-order chi connectivity index (χ0) is 16.7. The Hall–Kier alpha value is -1.99. The second-order valence-electron chi connectivity index (χ2n) is 6.39. The van der Waals surface area contributed by atoms with Crippen molar-refractivity contribution in [2.45, 2.75) is 6.42 Å². The van der Waals surface area contributed by atoms with E-state index in [1.807, 2.05) is 10.3 Å². The minimum Gasteiger partial charge on any atom is -0.481 e. The number of hydrogen-bond acceptors (Lipinski definition) is 5. The molecule has 126 valence electrons. The maximum atomic E-state index is 13.0. The Kier molecular flexibility index (Phi) is 3.77. The van der Waals surface area contributed by atoms with E-state index in [-0.39, 0.29) is 11.7 Å². The number of carboxylic acid groups (broad SMARTS) is 1. The summed E-state index contributed by atoms with van der Waals surface area (Å²) in [5.41, 5.74) is 0.900. The Morgan fingerprint density at radius 2 is 2.21 bits per heavy atom. The molecule has 0 spiro atoms. The number of carboxylic acids is 1. The van der Waals surface area contributed by atoms with E-state index >= 15 is 0 Å². The smallest absolute Gasteiger partial charge is 0.311 e.